The molecule has 3 fully saturated rings. The van der Waals surface area contributed by atoms with Gasteiger partial charge in [0, 0.05) is 47.8 Å². The van der Waals surface area contributed by atoms with E-state index in [0.717, 1.165) is 11.5 Å². The lowest BCUT2D eigenvalue weighted by Gasteiger charge is -2.51. The smallest absolute Gasteiger partial charge is 0.310 e. The second-order valence-corrected chi connectivity index (χ2v) is 13.8. The molecule has 2 aliphatic heterocycles. The first-order chi connectivity index (χ1) is 15.9. The van der Waals surface area contributed by atoms with Crippen LogP contribution < -0.4 is 0 Å². The van der Waals surface area contributed by atoms with Gasteiger partial charge in [-0.15, -0.1) is 10.3 Å². The van der Waals surface area contributed by atoms with E-state index in [2.05, 4.69) is 0 Å². The molecule has 1 radical (unpaired) electrons. The molecule has 4 aliphatic rings. The predicted octanol–water partition coefficient (Wildman–Crippen LogP) is 4.29. The van der Waals surface area contributed by atoms with E-state index in [9.17, 15) is 20.0 Å². The molecule has 0 spiro atoms. The molecule has 35 heavy (non-hydrogen) atoms. The average Bonchev–Trinajstić information content (AvgIpc) is 3.31. The predicted molar refractivity (Wildman–Crippen MR) is 128 cm³/mol. The quantitative estimate of drug-likeness (QED) is 0.463. The molecule has 4 atom stereocenters. The normalized spacial score (nSPS) is 36.3. The first-order valence-electron chi connectivity index (χ1n) is 13.0. The van der Waals surface area contributed by atoms with Gasteiger partial charge in [-0.3, -0.25) is 9.59 Å². The summed E-state index contributed by atoms with van der Waals surface area (Å²) in [6.45, 7) is 15.3. The third kappa shape index (κ3) is 4.79. The Labute approximate surface area is 209 Å². The highest BCUT2D eigenvalue weighted by Gasteiger charge is 2.55. The van der Waals surface area contributed by atoms with Gasteiger partial charge in [0.2, 0.25) is 0 Å². The SMILES string of the molecule is CC1(C)CC(OC(=O)[C@@H]2[C@H](C(=O)OC3CC(C)(C)N(O)C(C)(C)C3)[C@@H]3C=C[C@H]2C3)CC(C)(C)N1[O]. The van der Waals surface area contributed by atoms with Gasteiger partial charge in [-0.25, -0.2) is 0 Å². The molecule has 1 N–H and O–H groups in total. The first-order valence-corrected chi connectivity index (χ1v) is 13.0. The molecule has 2 bridgehead atoms. The van der Waals surface area contributed by atoms with E-state index >= 15 is 0 Å². The molecule has 2 heterocycles. The number of rotatable bonds is 4. The first kappa shape index (κ1) is 26.6. The zero-order valence-electron chi connectivity index (χ0n) is 22.5. The minimum Gasteiger partial charge on any atom is -0.462 e. The van der Waals surface area contributed by atoms with Crippen molar-refractivity contribution in [1.29, 1.82) is 0 Å². The fraction of sp³-hybridized carbons (Fsp3) is 0.852. The van der Waals surface area contributed by atoms with Crippen molar-refractivity contribution in [2.24, 2.45) is 23.7 Å². The fourth-order valence-electron chi connectivity index (χ4n) is 7.47. The fourth-order valence-corrected chi connectivity index (χ4v) is 7.47. The summed E-state index contributed by atoms with van der Waals surface area (Å²) in [7, 11) is 0. The number of allylic oxidation sites excluding steroid dienone is 2. The minimum atomic E-state index is -0.638. The standard InChI is InChI=1S/C27H43N2O6/c1-24(2)12-18(13-25(3,4)28(24)32)34-22(30)20-16-9-10-17(11-16)21(20)23(31)35-19-14-26(5,6)29(33)27(7,8)15-19/h9-10,16-21,32H,11-15H2,1-8H3/t16-,17+,20-,21+/m1/s1. The molecule has 197 valence electrons. The van der Waals surface area contributed by atoms with Crippen LogP contribution in [0.4, 0.5) is 0 Å². The summed E-state index contributed by atoms with van der Waals surface area (Å²) in [5.41, 5.74) is -2.34. The Hall–Kier alpha value is -1.48. The summed E-state index contributed by atoms with van der Waals surface area (Å²) >= 11 is 0. The van der Waals surface area contributed by atoms with Crippen molar-refractivity contribution in [2.75, 3.05) is 0 Å². The maximum absolute atomic E-state index is 13.5. The minimum absolute atomic E-state index is 0.0274. The van der Waals surface area contributed by atoms with Crippen molar-refractivity contribution in [3.63, 3.8) is 0 Å². The van der Waals surface area contributed by atoms with Gasteiger partial charge in [0.15, 0.2) is 0 Å². The summed E-state index contributed by atoms with van der Waals surface area (Å²) in [5, 5.41) is 25.7. The van der Waals surface area contributed by atoms with Crippen LogP contribution in [0.15, 0.2) is 12.2 Å². The van der Waals surface area contributed by atoms with Crippen molar-refractivity contribution < 1.29 is 29.5 Å². The lowest BCUT2D eigenvalue weighted by Crippen LogP contribution is -2.61. The highest BCUT2D eigenvalue weighted by Crippen LogP contribution is 2.50. The topological polar surface area (TPSA) is 99.2 Å². The van der Waals surface area contributed by atoms with Gasteiger partial charge in [-0.1, -0.05) is 12.2 Å². The summed E-state index contributed by atoms with van der Waals surface area (Å²) in [6.07, 6.45) is 6.07. The largest absolute Gasteiger partial charge is 0.462 e. The molecular weight excluding hydrogens is 448 g/mol. The molecule has 0 aromatic heterocycles. The number of carbonyl (C=O) groups is 2. The van der Waals surface area contributed by atoms with Gasteiger partial charge in [0.05, 0.1) is 11.8 Å². The second-order valence-electron chi connectivity index (χ2n) is 13.8. The van der Waals surface area contributed by atoms with Crippen LogP contribution in [0.1, 0.15) is 87.5 Å². The molecular formula is C27H43N2O6. The van der Waals surface area contributed by atoms with E-state index in [1.54, 1.807) is 0 Å². The van der Waals surface area contributed by atoms with E-state index in [4.69, 9.17) is 9.47 Å². The molecule has 1 saturated carbocycles. The van der Waals surface area contributed by atoms with Crippen LogP contribution in [0.2, 0.25) is 0 Å². The van der Waals surface area contributed by atoms with E-state index in [-0.39, 0.29) is 36.0 Å². The summed E-state index contributed by atoms with van der Waals surface area (Å²) < 4.78 is 12.0. The van der Waals surface area contributed by atoms with Gasteiger partial charge in [0.1, 0.15) is 12.2 Å². The molecule has 8 heteroatoms. The maximum Gasteiger partial charge on any atom is 0.310 e. The van der Waals surface area contributed by atoms with Crippen LogP contribution in [0, 0.1) is 23.7 Å². The van der Waals surface area contributed by atoms with Crippen molar-refractivity contribution in [2.45, 2.75) is 122 Å². The average molecular weight is 492 g/mol. The molecule has 0 aromatic rings. The molecule has 2 aliphatic carbocycles. The second kappa shape index (κ2) is 8.54. The zero-order chi connectivity index (χ0) is 26.1. The van der Waals surface area contributed by atoms with Crippen molar-refractivity contribution in [1.82, 2.24) is 10.1 Å². The van der Waals surface area contributed by atoms with Gasteiger partial charge in [0.25, 0.3) is 0 Å². The number of fused-ring (bicyclic) bond motifs is 2. The van der Waals surface area contributed by atoms with Gasteiger partial charge in [-0.2, -0.15) is 5.06 Å². The lowest BCUT2D eigenvalue weighted by molar-refractivity contribution is -0.299. The van der Waals surface area contributed by atoms with Gasteiger partial charge < -0.3 is 14.7 Å². The number of ether oxygens (including phenoxy) is 2. The highest BCUT2D eigenvalue weighted by atomic mass is 16.6. The van der Waals surface area contributed by atoms with Crippen molar-refractivity contribution in [3.8, 4) is 0 Å². The molecule has 0 unspecified atom stereocenters. The highest BCUT2D eigenvalue weighted by molar-refractivity contribution is 5.84. The van der Waals surface area contributed by atoms with Crippen molar-refractivity contribution in [3.05, 3.63) is 12.2 Å². The number of piperidine rings is 2. The number of nitrogens with zero attached hydrogens (tertiary/aromatic N) is 2. The molecule has 0 amide bonds. The Kier molecular flexibility index (Phi) is 6.48. The number of esters is 2. The Morgan fingerprint density at radius 2 is 1.06 bits per heavy atom. The van der Waals surface area contributed by atoms with Crippen LogP contribution in [0.5, 0.6) is 0 Å². The molecule has 0 aromatic carbocycles. The summed E-state index contributed by atoms with van der Waals surface area (Å²) in [5.74, 6) is -1.88. The zero-order valence-corrected chi connectivity index (χ0v) is 22.5. The monoisotopic (exact) mass is 491 g/mol. The number of hydrogen-bond donors (Lipinski definition) is 1. The van der Waals surface area contributed by atoms with E-state index in [1.807, 2.05) is 67.5 Å². The number of hydroxylamine groups is 4. The van der Waals surface area contributed by atoms with Gasteiger partial charge >= 0.3 is 11.9 Å². The Morgan fingerprint density at radius 3 is 1.43 bits per heavy atom. The third-order valence-electron chi connectivity index (χ3n) is 8.72. The van der Waals surface area contributed by atoms with E-state index < -0.39 is 34.0 Å². The Bertz CT molecular complexity index is 788. The van der Waals surface area contributed by atoms with Crippen LogP contribution in [0.3, 0.4) is 0 Å². The van der Waals surface area contributed by atoms with Crippen LogP contribution in [0.25, 0.3) is 0 Å². The molecule has 4 rings (SSSR count). The number of carbonyl (C=O) groups excluding carboxylic acids is 2. The van der Waals surface area contributed by atoms with Crippen LogP contribution >= 0.6 is 0 Å². The third-order valence-corrected chi connectivity index (χ3v) is 8.72. The Balaban J connectivity index is 1.47. The van der Waals surface area contributed by atoms with Crippen LogP contribution in [-0.4, -0.2) is 61.6 Å². The van der Waals surface area contributed by atoms with Crippen molar-refractivity contribution >= 4 is 11.9 Å². The van der Waals surface area contributed by atoms with E-state index in [0.29, 0.717) is 25.7 Å². The summed E-state index contributed by atoms with van der Waals surface area (Å²) in [6, 6.07) is 0. The van der Waals surface area contributed by atoms with Crippen LogP contribution in [-0.2, 0) is 24.3 Å². The molecule has 2 saturated heterocycles. The van der Waals surface area contributed by atoms with Gasteiger partial charge in [-0.05, 0) is 73.6 Å². The number of hydrogen-bond acceptors (Lipinski definition) is 7. The Morgan fingerprint density at radius 1 is 0.714 bits per heavy atom. The maximum atomic E-state index is 13.5. The summed E-state index contributed by atoms with van der Waals surface area (Å²) in [4.78, 5) is 26.9. The van der Waals surface area contributed by atoms with E-state index in [1.165, 1.54) is 5.06 Å². The molecule has 8 nitrogen and oxygen atoms in total. The lowest BCUT2D eigenvalue weighted by atomic mass is 9.79.